The van der Waals surface area contributed by atoms with Gasteiger partial charge in [-0.15, -0.1) is 0 Å². The normalized spacial score (nSPS) is 19.4. The lowest BCUT2D eigenvalue weighted by Crippen LogP contribution is -2.57. The second kappa shape index (κ2) is 4.67. The largest absolute Gasteiger partial charge is 0.349 e. The molecule has 1 atom stereocenters. The number of benzene rings is 1. The fourth-order valence-electron chi connectivity index (χ4n) is 1.85. The molecule has 1 saturated heterocycles. The fraction of sp³-hybridized carbons (Fsp3) is 0.250. The lowest BCUT2D eigenvalue weighted by molar-refractivity contribution is -0.132. The summed E-state index contributed by atoms with van der Waals surface area (Å²) in [5.41, 5.74) is 0.884. The maximum Gasteiger partial charge on any atom is 0.249 e. The number of nitrogens with one attached hydrogen (secondary N) is 1. The highest BCUT2D eigenvalue weighted by molar-refractivity contribution is 6.31. The third-order valence-electron chi connectivity index (χ3n) is 2.81. The average molecular weight is 264 g/mol. The Morgan fingerprint density at radius 1 is 1.50 bits per heavy atom. The molecule has 1 aromatic rings. The van der Waals surface area contributed by atoms with Crippen molar-refractivity contribution in [2.45, 2.75) is 13.0 Å². The highest BCUT2D eigenvalue weighted by Crippen LogP contribution is 2.27. The molecule has 0 aliphatic carbocycles. The zero-order valence-electron chi connectivity index (χ0n) is 9.61. The van der Waals surface area contributed by atoms with Crippen LogP contribution in [0.5, 0.6) is 0 Å². The minimum atomic E-state index is -0.520. The molecular formula is C12H10ClN3O2. The number of nitriles is 1. The number of hydrogen-bond acceptors (Lipinski definition) is 4. The number of nitrogens with zero attached hydrogens (tertiary/aromatic N) is 2. The van der Waals surface area contributed by atoms with E-state index in [-0.39, 0.29) is 18.4 Å². The van der Waals surface area contributed by atoms with Crippen LogP contribution in [0.1, 0.15) is 12.5 Å². The summed E-state index contributed by atoms with van der Waals surface area (Å²) in [6, 6.07) is 6.26. The SMILES string of the molecule is CC1C(=O)NC(=O)CN1c1cc(Cl)ccc1C#N. The molecule has 0 spiro atoms. The lowest BCUT2D eigenvalue weighted by Gasteiger charge is -2.34. The molecule has 2 amide bonds. The maximum atomic E-state index is 11.6. The van der Waals surface area contributed by atoms with Gasteiger partial charge >= 0.3 is 0 Å². The average Bonchev–Trinajstić information content (AvgIpc) is 2.33. The van der Waals surface area contributed by atoms with Crippen LogP contribution in [0, 0.1) is 11.3 Å². The van der Waals surface area contributed by atoms with Gasteiger partial charge in [-0.3, -0.25) is 14.9 Å². The summed E-state index contributed by atoms with van der Waals surface area (Å²) in [7, 11) is 0. The van der Waals surface area contributed by atoms with Gasteiger partial charge in [0.1, 0.15) is 12.1 Å². The maximum absolute atomic E-state index is 11.6. The lowest BCUT2D eigenvalue weighted by atomic mass is 10.1. The van der Waals surface area contributed by atoms with Crippen molar-refractivity contribution >= 4 is 29.1 Å². The molecule has 1 N–H and O–H groups in total. The van der Waals surface area contributed by atoms with E-state index in [1.54, 1.807) is 30.0 Å². The van der Waals surface area contributed by atoms with Crippen molar-refractivity contribution in [1.29, 1.82) is 5.26 Å². The van der Waals surface area contributed by atoms with Gasteiger partial charge in [-0.1, -0.05) is 11.6 Å². The number of piperazine rings is 1. The van der Waals surface area contributed by atoms with Crippen LogP contribution >= 0.6 is 11.6 Å². The monoisotopic (exact) mass is 263 g/mol. The van der Waals surface area contributed by atoms with Gasteiger partial charge in [0.15, 0.2) is 0 Å². The van der Waals surface area contributed by atoms with E-state index >= 15 is 0 Å². The summed E-state index contributed by atoms with van der Waals surface area (Å²) >= 11 is 5.89. The standard InChI is InChI=1S/C12H10ClN3O2/c1-7-12(18)15-11(17)6-16(7)10-4-9(13)3-2-8(10)5-14/h2-4,7H,6H2,1H3,(H,15,17,18). The van der Waals surface area contributed by atoms with Gasteiger partial charge in [0.2, 0.25) is 11.8 Å². The van der Waals surface area contributed by atoms with Crippen molar-refractivity contribution in [2.24, 2.45) is 0 Å². The van der Waals surface area contributed by atoms with Crippen LogP contribution in [0.3, 0.4) is 0 Å². The molecule has 1 aliphatic rings. The molecule has 1 aromatic carbocycles. The molecule has 6 heteroatoms. The van der Waals surface area contributed by atoms with Crippen LogP contribution in [0.4, 0.5) is 5.69 Å². The fourth-order valence-corrected chi connectivity index (χ4v) is 2.01. The van der Waals surface area contributed by atoms with Crippen molar-refractivity contribution in [2.75, 3.05) is 11.4 Å². The minimum Gasteiger partial charge on any atom is -0.349 e. The van der Waals surface area contributed by atoms with Crippen LogP contribution in [0.2, 0.25) is 5.02 Å². The van der Waals surface area contributed by atoms with E-state index in [1.165, 1.54) is 0 Å². The molecule has 1 heterocycles. The van der Waals surface area contributed by atoms with E-state index in [9.17, 15) is 9.59 Å². The number of anilines is 1. The first-order valence-corrected chi connectivity index (χ1v) is 5.70. The Labute approximate surface area is 109 Å². The minimum absolute atomic E-state index is 0.0297. The molecule has 5 nitrogen and oxygen atoms in total. The van der Waals surface area contributed by atoms with E-state index in [2.05, 4.69) is 5.32 Å². The molecule has 1 unspecified atom stereocenters. The number of rotatable bonds is 1. The van der Waals surface area contributed by atoms with Crippen molar-refractivity contribution in [3.05, 3.63) is 28.8 Å². The summed E-state index contributed by atoms with van der Waals surface area (Å²) in [6.45, 7) is 1.70. The van der Waals surface area contributed by atoms with Crippen LogP contribution in [0.25, 0.3) is 0 Å². The Kier molecular flexibility index (Phi) is 3.21. The first kappa shape index (κ1) is 12.4. The topological polar surface area (TPSA) is 73.2 Å². The van der Waals surface area contributed by atoms with Gasteiger partial charge in [-0.25, -0.2) is 0 Å². The van der Waals surface area contributed by atoms with Crippen LogP contribution in [0.15, 0.2) is 18.2 Å². The molecule has 2 rings (SSSR count). The Balaban J connectivity index is 2.47. The van der Waals surface area contributed by atoms with Crippen LogP contribution < -0.4 is 10.2 Å². The highest BCUT2D eigenvalue weighted by Gasteiger charge is 2.31. The Morgan fingerprint density at radius 3 is 2.89 bits per heavy atom. The van der Waals surface area contributed by atoms with E-state index in [0.717, 1.165) is 0 Å². The van der Waals surface area contributed by atoms with Crippen molar-refractivity contribution in [1.82, 2.24) is 5.32 Å². The summed E-state index contributed by atoms with van der Waals surface area (Å²) in [4.78, 5) is 24.6. The van der Waals surface area contributed by atoms with Crippen molar-refractivity contribution in [3.8, 4) is 6.07 Å². The Morgan fingerprint density at radius 2 is 2.22 bits per heavy atom. The predicted octanol–water partition coefficient (Wildman–Crippen LogP) is 1.06. The number of hydrogen-bond donors (Lipinski definition) is 1. The number of carbonyl (C=O) groups excluding carboxylic acids is 2. The molecule has 1 aliphatic heterocycles. The summed E-state index contributed by atoms with van der Waals surface area (Å²) in [6.07, 6.45) is 0. The molecule has 0 radical (unpaired) electrons. The summed E-state index contributed by atoms with van der Waals surface area (Å²) in [5.74, 6) is -0.767. The third kappa shape index (κ3) is 2.15. The first-order valence-electron chi connectivity index (χ1n) is 5.33. The second-order valence-corrected chi connectivity index (χ2v) is 4.43. The number of carbonyl (C=O) groups is 2. The van der Waals surface area contributed by atoms with E-state index in [0.29, 0.717) is 16.3 Å². The summed E-state index contributed by atoms with van der Waals surface area (Å²) < 4.78 is 0. The highest BCUT2D eigenvalue weighted by atomic mass is 35.5. The van der Waals surface area contributed by atoms with Gasteiger partial charge in [0.25, 0.3) is 0 Å². The third-order valence-corrected chi connectivity index (χ3v) is 3.05. The quantitative estimate of drug-likeness (QED) is 0.769. The molecule has 1 fully saturated rings. The van der Waals surface area contributed by atoms with Crippen molar-refractivity contribution in [3.63, 3.8) is 0 Å². The zero-order chi connectivity index (χ0) is 13.3. The van der Waals surface area contributed by atoms with E-state index < -0.39 is 6.04 Å². The molecule has 18 heavy (non-hydrogen) atoms. The zero-order valence-corrected chi connectivity index (χ0v) is 10.4. The van der Waals surface area contributed by atoms with Crippen LogP contribution in [-0.2, 0) is 9.59 Å². The second-order valence-electron chi connectivity index (χ2n) is 3.99. The molecule has 0 saturated carbocycles. The number of halogens is 1. The number of amides is 2. The van der Waals surface area contributed by atoms with Gasteiger partial charge in [-0.2, -0.15) is 5.26 Å². The first-order chi connectivity index (χ1) is 8.52. The van der Waals surface area contributed by atoms with Gasteiger partial charge in [0.05, 0.1) is 17.8 Å². The van der Waals surface area contributed by atoms with Gasteiger partial charge in [-0.05, 0) is 25.1 Å². The Bertz CT molecular complexity index is 565. The molecule has 92 valence electrons. The predicted molar refractivity (Wildman–Crippen MR) is 66.1 cm³/mol. The van der Waals surface area contributed by atoms with E-state index in [1.807, 2.05) is 6.07 Å². The molecular weight excluding hydrogens is 254 g/mol. The molecule has 0 bridgehead atoms. The van der Waals surface area contributed by atoms with Gasteiger partial charge in [0, 0.05) is 5.02 Å². The van der Waals surface area contributed by atoms with Gasteiger partial charge < -0.3 is 4.90 Å². The summed E-state index contributed by atoms with van der Waals surface area (Å²) in [5, 5.41) is 11.8. The van der Waals surface area contributed by atoms with Crippen molar-refractivity contribution < 1.29 is 9.59 Å². The number of imide groups is 1. The molecule has 0 aromatic heterocycles. The smallest absolute Gasteiger partial charge is 0.249 e. The van der Waals surface area contributed by atoms with Crippen LogP contribution in [-0.4, -0.2) is 24.4 Å². The van der Waals surface area contributed by atoms with E-state index in [4.69, 9.17) is 16.9 Å². The Hall–Kier alpha value is -2.06.